The van der Waals surface area contributed by atoms with E-state index in [1.807, 2.05) is 30.5 Å². The first-order valence-electron chi connectivity index (χ1n) is 9.59. The van der Waals surface area contributed by atoms with Crippen LogP contribution in [0, 0.1) is 5.92 Å². The fourth-order valence-corrected chi connectivity index (χ4v) is 3.61. The third kappa shape index (κ3) is 3.48. The average Bonchev–Trinajstić information content (AvgIpc) is 3.43. The van der Waals surface area contributed by atoms with Crippen molar-refractivity contribution in [2.24, 2.45) is 5.92 Å². The van der Waals surface area contributed by atoms with Gasteiger partial charge in [-0.25, -0.2) is 4.98 Å². The van der Waals surface area contributed by atoms with Crippen LogP contribution in [0.1, 0.15) is 12.8 Å². The predicted molar refractivity (Wildman–Crippen MR) is 116 cm³/mol. The number of rotatable bonds is 5. The molecule has 1 aliphatic carbocycles. The Bertz CT molecular complexity index is 1110. The topological polar surface area (TPSA) is 44.8 Å². The summed E-state index contributed by atoms with van der Waals surface area (Å²) in [6, 6.07) is 18.2. The van der Waals surface area contributed by atoms with Gasteiger partial charge in [0.25, 0.3) is 0 Å². The normalized spacial score (nSPS) is 13.8. The number of benzene rings is 2. The molecule has 2 aromatic heterocycles. The molecule has 2 heterocycles. The molecule has 28 heavy (non-hydrogen) atoms. The molecule has 0 unspecified atom stereocenters. The quantitative estimate of drug-likeness (QED) is 0.470. The number of H-pyrrole nitrogens is 1. The van der Waals surface area contributed by atoms with Crippen LogP contribution in [0.4, 0.5) is 5.95 Å². The Morgan fingerprint density at radius 2 is 1.75 bits per heavy atom. The molecule has 5 rings (SSSR count). The largest absolute Gasteiger partial charge is 0.345 e. The van der Waals surface area contributed by atoms with Gasteiger partial charge in [-0.1, -0.05) is 35.9 Å². The summed E-state index contributed by atoms with van der Waals surface area (Å²) in [5, 5.41) is 0.739. The highest BCUT2D eigenvalue weighted by molar-refractivity contribution is 6.30. The van der Waals surface area contributed by atoms with Crippen molar-refractivity contribution in [3.05, 3.63) is 65.8 Å². The molecule has 4 aromatic rings. The van der Waals surface area contributed by atoms with E-state index in [2.05, 4.69) is 52.2 Å². The lowest BCUT2D eigenvalue weighted by Gasteiger charge is -2.14. The standard InChI is InChI=1S/C23H21ClN4/c1-28(14-15-2-3-15)23-26-21-11-6-17(12-22(21)27-23)20-10-7-18(13-25-20)16-4-8-19(24)9-5-16/h4-13,15H,2-3,14H2,1H3,(H,26,27). The second kappa shape index (κ2) is 6.95. The minimum absolute atomic E-state index is 0.739. The minimum atomic E-state index is 0.739. The molecule has 2 aromatic carbocycles. The van der Waals surface area contributed by atoms with E-state index in [1.54, 1.807) is 0 Å². The Balaban J connectivity index is 1.41. The number of anilines is 1. The van der Waals surface area contributed by atoms with Crippen molar-refractivity contribution in [2.45, 2.75) is 12.8 Å². The van der Waals surface area contributed by atoms with Gasteiger partial charge in [-0.05, 0) is 54.7 Å². The molecule has 0 bridgehead atoms. The van der Waals surface area contributed by atoms with E-state index in [4.69, 9.17) is 16.6 Å². The zero-order valence-electron chi connectivity index (χ0n) is 15.7. The maximum atomic E-state index is 5.97. The summed E-state index contributed by atoms with van der Waals surface area (Å²) in [5.74, 6) is 1.77. The van der Waals surface area contributed by atoms with Crippen LogP contribution < -0.4 is 4.90 Å². The number of hydrogen-bond donors (Lipinski definition) is 1. The minimum Gasteiger partial charge on any atom is -0.345 e. The first-order valence-corrected chi connectivity index (χ1v) is 9.97. The highest BCUT2D eigenvalue weighted by atomic mass is 35.5. The van der Waals surface area contributed by atoms with Crippen LogP contribution in [0.3, 0.4) is 0 Å². The highest BCUT2D eigenvalue weighted by Gasteiger charge is 2.24. The van der Waals surface area contributed by atoms with Crippen molar-refractivity contribution in [2.75, 3.05) is 18.5 Å². The van der Waals surface area contributed by atoms with Crippen LogP contribution in [0.25, 0.3) is 33.4 Å². The Labute approximate surface area is 169 Å². The van der Waals surface area contributed by atoms with E-state index in [-0.39, 0.29) is 0 Å². The summed E-state index contributed by atoms with van der Waals surface area (Å²) in [5.41, 5.74) is 6.23. The monoisotopic (exact) mass is 388 g/mol. The van der Waals surface area contributed by atoms with Gasteiger partial charge in [-0.15, -0.1) is 0 Å². The van der Waals surface area contributed by atoms with Crippen molar-refractivity contribution >= 4 is 28.6 Å². The highest BCUT2D eigenvalue weighted by Crippen LogP contribution is 2.31. The summed E-state index contributed by atoms with van der Waals surface area (Å²) in [6.45, 7) is 1.07. The molecule has 1 fully saturated rings. The summed E-state index contributed by atoms with van der Waals surface area (Å²) < 4.78 is 0. The zero-order chi connectivity index (χ0) is 19.1. The van der Waals surface area contributed by atoms with Gasteiger partial charge in [0.1, 0.15) is 0 Å². The van der Waals surface area contributed by atoms with Crippen molar-refractivity contribution < 1.29 is 0 Å². The lowest BCUT2D eigenvalue weighted by atomic mass is 10.1. The van der Waals surface area contributed by atoms with E-state index >= 15 is 0 Å². The van der Waals surface area contributed by atoms with Crippen molar-refractivity contribution in [1.82, 2.24) is 15.0 Å². The maximum absolute atomic E-state index is 5.97. The molecule has 0 amide bonds. The van der Waals surface area contributed by atoms with Gasteiger partial charge in [0.05, 0.1) is 16.7 Å². The van der Waals surface area contributed by atoms with E-state index in [0.29, 0.717) is 0 Å². The van der Waals surface area contributed by atoms with Crippen LogP contribution in [0.15, 0.2) is 60.8 Å². The molecule has 0 radical (unpaired) electrons. The molecule has 4 nitrogen and oxygen atoms in total. The molecule has 0 aliphatic heterocycles. The van der Waals surface area contributed by atoms with Gasteiger partial charge >= 0.3 is 0 Å². The van der Waals surface area contributed by atoms with Crippen LogP contribution >= 0.6 is 11.6 Å². The molecule has 1 aliphatic rings. The van der Waals surface area contributed by atoms with E-state index in [0.717, 1.165) is 56.9 Å². The van der Waals surface area contributed by atoms with E-state index < -0.39 is 0 Å². The van der Waals surface area contributed by atoms with E-state index in [1.165, 1.54) is 12.8 Å². The summed E-state index contributed by atoms with van der Waals surface area (Å²) in [4.78, 5) is 15.1. The van der Waals surface area contributed by atoms with Gasteiger partial charge in [0.15, 0.2) is 0 Å². The summed E-state index contributed by atoms with van der Waals surface area (Å²) >= 11 is 5.97. The average molecular weight is 389 g/mol. The predicted octanol–water partition coefficient (Wildman–Crippen LogP) is 5.79. The lowest BCUT2D eigenvalue weighted by Crippen LogP contribution is -2.20. The number of fused-ring (bicyclic) bond motifs is 1. The number of nitrogens with one attached hydrogen (secondary N) is 1. The second-order valence-electron chi connectivity index (χ2n) is 7.56. The van der Waals surface area contributed by atoms with Crippen molar-refractivity contribution in [1.29, 1.82) is 0 Å². The number of hydrogen-bond acceptors (Lipinski definition) is 3. The Kier molecular flexibility index (Phi) is 4.29. The van der Waals surface area contributed by atoms with Gasteiger partial charge in [0.2, 0.25) is 5.95 Å². The SMILES string of the molecule is CN(CC1CC1)c1nc2ccc(-c3ccc(-c4ccc(Cl)cc4)cn3)cc2[nH]1. The van der Waals surface area contributed by atoms with Crippen LogP contribution in [0.2, 0.25) is 5.02 Å². The molecule has 1 N–H and O–H groups in total. The summed E-state index contributed by atoms with van der Waals surface area (Å²) in [6.07, 6.45) is 4.59. The maximum Gasteiger partial charge on any atom is 0.203 e. The summed E-state index contributed by atoms with van der Waals surface area (Å²) in [7, 11) is 2.11. The third-order valence-corrected chi connectivity index (χ3v) is 5.55. The van der Waals surface area contributed by atoms with Gasteiger partial charge in [-0.3, -0.25) is 4.98 Å². The Morgan fingerprint density at radius 3 is 2.46 bits per heavy atom. The number of aromatic nitrogens is 3. The molecule has 5 heteroatoms. The number of aromatic amines is 1. The number of nitrogens with zero attached hydrogens (tertiary/aromatic N) is 3. The van der Waals surface area contributed by atoms with Gasteiger partial charge in [-0.2, -0.15) is 0 Å². The number of pyridine rings is 1. The molecule has 140 valence electrons. The Morgan fingerprint density at radius 1 is 1.00 bits per heavy atom. The molecule has 1 saturated carbocycles. The first kappa shape index (κ1) is 17.3. The smallest absolute Gasteiger partial charge is 0.203 e. The van der Waals surface area contributed by atoms with Crippen molar-refractivity contribution in [3.63, 3.8) is 0 Å². The van der Waals surface area contributed by atoms with Gasteiger partial charge < -0.3 is 9.88 Å². The Hall–Kier alpha value is -2.85. The lowest BCUT2D eigenvalue weighted by molar-refractivity contribution is 0.771. The molecule has 0 saturated heterocycles. The number of halogens is 1. The van der Waals surface area contributed by atoms with Crippen molar-refractivity contribution in [3.8, 4) is 22.4 Å². The zero-order valence-corrected chi connectivity index (χ0v) is 16.4. The third-order valence-electron chi connectivity index (χ3n) is 5.30. The fraction of sp³-hybridized carbons (Fsp3) is 0.217. The molecular formula is C23H21ClN4. The fourth-order valence-electron chi connectivity index (χ4n) is 3.49. The molecular weight excluding hydrogens is 368 g/mol. The molecule has 0 atom stereocenters. The van der Waals surface area contributed by atoms with E-state index in [9.17, 15) is 0 Å². The van der Waals surface area contributed by atoms with Gasteiger partial charge in [0, 0.05) is 35.9 Å². The van der Waals surface area contributed by atoms with Crippen LogP contribution in [0.5, 0.6) is 0 Å². The number of imidazole rings is 1. The van der Waals surface area contributed by atoms with Crippen LogP contribution in [-0.2, 0) is 0 Å². The second-order valence-corrected chi connectivity index (χ2v) is 7.99. The van der Waals surface area contributed by atoms with Crippen LogP contribution in [-0.4, -0.2) is 28.5 Å². The molecule has 0 spiro atoms. The first-order chi connectivity index (χ1) is 13.7.